The van der Waals surface area contributed by atoms with Crippen molar-refractivity contribution < 1.29 is 68.6 Å². The number of unbranched alkanes of at least 4 members (excludes halogenated alkanes) is 5. The molecule has 0 aliphatic carbocycles. The number of carbonyl (C=O) groups is 8. The number of ether oxygens (including phenoxy) is 1. The number of carboxylic acids is 5. The van der Waals surface area contributed by atoms with Crippen LogP contribution in [0.5, 0.6) is 5.88 Å². The number of amides is 3. The van der Waals surface area contributed by atoms with E-state index in [2.05, 4.69) is 15.3 Å². The van der Waals surface area contributed by atoms with Crippen LogP contribution in [0.2, 0.25) is 0 Å². The van der Waals surface area contributed by atoms with Gasteiger partial charge in [-0.3, -0.25) is 33.8 Å². The number of nitrogens with zero attached hydrogens (tertiary/aromatic N) is 2. The van der Waals surface area contributed by atoms with Gasteiger partial charge in [-0.2, -0.15) is 0 Å². The van der Waals surface area contributed by atoms with Gasteiger partial charge in [-0.25, -0.2) is 14.6 Å². The molecular weight excluding hydrogens is 702 g/mol. The molecule has 0 bridgehead atoms. The number of hydrogen-bond acceptors (Lipinski definition) is 11. The van der Waals surface area contributed by atoms with Gasteiger partial charge >= 0.3 is 29.8 Å². The number of benzene rings is 1. The first-order valence-electron chi connectivity index (χ1n) is 16.5. The third kappa shape index (κ3) is 13.0. The van der Waals surface area contributed by atoms with Crippen molar-refractivity contribution in [3.63, 3.8) is 0 Å². The molecule has 3 rings (SSSR count). The molecule has 8 N–H and O–H groups in total. The predicted octanol–water partition coefficient (Wildman–Crippen LogP) is 1.55. The molecule has 0 aliphatic heterocycles. The summed E-state index contributed by atoms with van der Waals surface area (Å²) in [6, 6.07) is 0.875. The molecule has 2 aromatic heterocycles. The molecule has 19 nitrogen and oxygen atoms in total. The van der Waals surface area contributed by atoms with Gasteiger partial charge in [0.1, 0.15) is 18.1 Å². The average Bonchev–Trinajstić information content (AvgIpc) is 3.08. The van der Waals surface area contributed by atoms with E-state index in [0.29, 0.717) is 37.3 Å². The van der Waals surface area contributed by atoms with Crippen LogP contribution >= 0.6 is 0 Å². The Hall–Kier alpha value is -6.40. The molecule has 0 radical (unpaired) electrons. The van der Waals surface area contributed by atoms with Crippen LogP contribution in [-0.4, -0.2) is 108 Å². The molecule has 0 unspecified atom stereocenters. The molecule has 19 heteroatoms. The predicted molar refractivity (Wildman–Crippen MR) is 182 cm³/mol. The number of pyridine rings is 2. The highest BCUT2D eigenvalue weighted by Crippen LogP contribution is 2.30. The number of aliphatic carboxylic acids is 4. The molecule has 0 saturated carbocycles. The minimum atomic E-state index is -1.94. The molecule has 0 spiro atoms. The highest BCUT2D eigenvalue weighted by Gasteiger charge is 2.32. The van der Waals surface area contributed by atoms with Gasteiger partial charge in [0.15, 0.2) is 0 Å². The van der Waals surface area contributed by atoms with E-state index >= 15 is 0 Å². The topological polar surface area (TPSA) is 309 Å². The highest BCUT2D eigenvalue weighted by atomic mass is 16.5. The summed E-state index contributed by atoms with van der Waals surface area (Å²) in [5.41, 5.74) is 0.565. The summed E-state index contributed by atoms with van der Waals surface area (Å²) in [6.07, 6.45) is 4.25. The number of hydrogen-bond donors (Lipinski definition) is 8. The van der Waals surface area contributed by atoms with Crippen molar-refractivity contribution in [2.45, 2.75) is 82.3 Å². The summed E-state index contributed by atoms with van der Waals surface area (Å²) in [4.78, 5) is 103. The third-order valence-corrected chi connectivity index (χ3v) is 7.88. The second kappa shape index (κ2) is 19.8. The number of rotatable bonds is 23. The van der Waals surface area contributed by atoms with E-state index in [-0.39, 0.29) is 12.0 Å². The lowest BCUT2D eigenvalue weighted by Crippen LogP contribution is -2.56. The van der Waals surface area contributed by atoms with Crippen molar-refractivity contribution in [2.75, 3.05) is 6.61 Å². The number of nitrogens with one attached hydrogen (secondary N) is 3. The molecule has 0 aliphatic rings. The zero-order valence-electron chi connectivity index (χ0n) is 28.3. The van der Waals surface area contributed by atoms with E-state index < -0.39 is 85.0 Å². The van der Waals surface area contributed by atoms with Gasteiger partial charge in [0.05, 0.1) is 36.9 Å². The third-order valence-electron chi connectivity index (χ3n) is 7.88. The SMILES string of the molecule is O=C(O)C[C@H](NC(=O)[C@H](CC(=O)O)NC(=O)[C@H](CC(=O)O)NC(=O)CCCCCCCCOc1nc2cc(C(=O)O)ccc2c2cnccc12)C(=O)O. The molecule has 3 atom stereocenters. The van der Waals surface area contributed by atoms with E-state index in [1.165, 1.54) is 12.1 Å². The average molecular weight is 742 g/mol. The van der Waals surface area contributed by atoms with Crippen LogP contribution in [0, 0.1) is 0 Å². The lowest BCUT2D eigenvalue weighted by atomic mass is 10.1. The quantitative estimate of drug-likeness (QED) is 0.0505. The standard InChI is InChI=1S/C34H39N5O14/c40-26(36-23(14-27(41)42)30(47)37-24(15-28(43)44)31(48)38-25(34(51)52)16-29(45)46)7-5-3-1-2-4-6-12-53-32-20-10-11-35-17-21(20)19-9-8-18(33(49)50)13-22(19)39-32/h8-11,13,17,23-25H,1-7,12,14-16H2,(H,36,40)(H,37,47)(H,38,48)(H,41,42)(H,43,44)(H,45,46)(H,49,50)(H,51,52)/t23-,24-,25-/m0/s1. The lowest BCUT2D eigenvalue weighted by Gasteiger charge is -2.23. The van der Waals surface area contributed by atoms with E-state index in [1.807, 2.05) is 10.6 Å². The van der Waals surface area contributed by atoms with E-state index in [0.717, 1.165) is 35.4 Å². The molecular formula is C34H39N5O14. The van der Waals surface area contributed by atoms with E-state index in [4.69, 9.17) is 20.1 Å². The zero-order chi connectivity index (χ0) is 39.1. The van der Waals surface area contributed by atoms with Crippen LogP contribution in [0.1, 0.15) is 74.6 Å². The summed E-state index contributed by atoms with van der Waals surface area (Å²) in [5, 5.41) is 54.1. The maximum atomic E-state index is 12.8. The van der Waals surface area contributed by atoms with Crippen molar-refractivity contribution >= 4 is 69.2 Å². The molecule has 3 aromatic rings. The number of aromatic nitrogens is 2. The van der Waals surface area contributed by atoms with Crippen molar-refractivity contribution in [3.8, 4) is 5.88 Å². The van der Waals surface area contributed by atoms with Gasteiger partial charge in [0.2, 0.25) is 23.6 Å². The Morgan fingerprint density at radius 2 is 1.21 bits per heavy atom. The van der Waals surface area contributed by atoms with Crippen molar-refractivity contribution in [3.05, 3.63) is 42.2 Å². The van der Waals surface area contributed by atoms with Crippen molar-refractivity contribution in [1.82, 2.24) is 25.9 Å². The lowest BCUT2D eigenvalue weighted by molar-refractivity contribution is -0.148. The summed E-state index contributed by atoms with van der Waals surface area (Å²) >= 11 is 0. The van der Waals surface area contributed by atoms with Gasteiger partial charge in [-0.05, 0) is 31.0 Å². The number of carboxylic acid groups (broad SMARTS) is 5. The Kier molecular flexibility index (Phi) is 15.4. The minimum absolute atomic E-state index is 0.0693. The van der Waals surface area contributed by atoms with Gasteiger partial charge < -0.3 is 46.2 Å². The smallest absolute Gasteiger partial charge is 0.335 e. The van der Waals surface area contributed by atoms with E-state index in [1.54, 1.807) is 24.5 Å². The van der Waals surface area contributed by atoms with Gasteiger partial charge in [-0.1, -0.05) is 31.7 Å². The normalized spacial score (nSPS) is 12.6. The highest BCUT2D eigenvalue weighted by molar-refractivity contribution is 6.08. The number of aromatic carboxylic acids is 1. The second-order valence-corrected chi connectivity index (χ2v) is 12.0. The number of fused-ring (bicyclic) bond motifs is 3. The molecule has 2 heterocycles. The van der Waals surface area contributed by atoms with Gasteiger partial charge in [-0.15, -0.1) is 0 Å². The molecule has 1 aromatic carbocycles. The summed E-state index contributed by atoms with van der Waals surface area (Å²) in [6.45, 7) is 0.349. The fourth-order valence-electron chi connectivity index (χ4n) is 5.28. The zero-order valence-corrected chi connectivity index (χ0v) is 28.3. The van der Waals surface area contributed by atoms with Gasteiger partial charge in [0, 0.05) is 35.0 Å². The number of carbonyl (C=O) groups excluding carboxylic acids is 3. The fraction of sp³-hybridized carbons (Fsp3) is 0.412. The Labute approximate surface area is 300 Å². The fourth-order valence-corrected chi connectivity index (χ4v) is 5.28. The molecule has 284 valence electrons. The van der Waals surface area contributed by atoms with Crippen LogP contribution in [0.25, 0.3) is 21.7 Å². The monoisotopic (exact) mass is 741 g/mol. The first-order chi connectivity index (χ1) is 25.2. The first kappa shape index (κ1) is 41.0. The van der Waals surface area contributed by atoms with Crippen molar-refractivity contribution in [1.29, 1.82) is 0 Å². The molecule has 53 heavy (non-hydrogen) atoms. The Balaban J connectivity index is 1.44. The van der Waals surface area contributed by atoms with Gasteiger partial charge in [0.25, 0.3) is 0 Å². The Morgan fingerprint density at radius 3 is 1.81 bits per heavy atom. The van der Waals surface area contributed by atoms with Crippen LogP contribution in [-0.2, 0) is 33.6 Å². The van der Waals surface area contributed by atoms with E-state index in [9.17, 15) is 48.6 Å². The molecule has 0 saturated heterocycles. The first-order valence-corrected chi connectivity index (χ1v) is 16.5. The minimum Gasteiger partial charge on any atom is -0.481 e. The van der Waals surface area contributed by atoms with Crippen LogP contribution in [0.4, 0.5) is 0 Å². The second-order valence-electron chi connectivity index (χ2n) is 12.0. The molecule has 0 fully saturated rings. The van der Waals surface area contributed by atoms with Crippen LogP contribution < -0.4 is 20.7 Å². The Morgan fingerprint density at radius 1 is 0.642 bits per heavy atom. The van der Waals surface area contributed by atoms with Crippen LogP contribution in [0.15, 0.2) is 36.7 Å². The summed E-state index contributed by atoms with van der Waals surface area (Å²) in [7, 11) is 0. The maximum Gasteiger partial charge on any atom is 0.335 e. The maximum absolute atomic E-state index is 12.8. The summed E-state index contributed by atoms with van der Waals surface area (Å²) < 4.78 is 5.96. The van der Waals surface area contributed by atoms with Crippen molar-refractivity contribution in [2.24, 2.45) is 0 Å². The van der Waals surface area contributed by atoms with Crippen LogP contribution in [0.3, 0.4) is 0 Å². The largest absolute Gasteiger partial charge is 0.481 e. The Bertz CT molecular complexity index is 1870. The summed E-state index contributed by atoms with van der Waals surface area (Å²) in [5.74, 6) is -10.3. The molecule has 3 amide bonds.